The Morgan fingerprint density at radius 2 is 1.35 bits per heavy atom. The minimum Gasteiger partial charge on any atom is -0.379 e. The van der Waals surface area contributed by atoms with E-state index in [2.05, 4.69) is 19.2 Å². The van der Waals surface area contributed by atoms with Gasteiger partial charge in [-0.15, -0.1) is 0 Å². The number of carbonyl (C=O) groups excluding carboxylic acids is 1. The average molecular weight is 289 g/mol. The number of nitrogens with one attached hydrogen (secondary N) is 1. The third-order valence-corrected chi connectivity index (χ3v) is 2.51. The SMILES string of the molecule is CC(C)CCOCCOCCOCCC(=O)NC(C)C. The van der Waals surface area contributed by atoms with Crippen LogP contribution in [0.3, 0.4) is 0 Å². The summed E-state index contributed by atoms with van der Waals surface area (Å²) >= 11 is 0. The van der Waals surface area contributed by atoms with Gasteiger partial charge in [0.25, 0.3) is 0 Å². The van der Waals surface area contributed by atoms with E-state index in [9.17, 15) is 4.79 Å². The molecule has 0 bridgehead atoms. The minimum atomic E-state index is 0.0273. The quantitative estimate of drug-likeness (QED) is 0.527. The molecule has 0 radical (unpaired) electrons. The largest absolute Gasteiger partial charge is 0.379 e. The van der Waals surface area contributed by atoms with Gasteiger partial charge in [-0.25, -0.2) is 0 Å². The fraction of sp³-hybridized carbons (Fsp3) is 0.933. The molecule has 0 aromatic carbocycles. The lowest BCUT2D eigenvalue weighted by Crippen LogP contribution is -2.30. The van der Waals surface area contributed by atoms with Crippen LogP contribution < -0.4 is 5.32 Å². The zero-order chi connectivity index (χ0) is 15.2. The number of rotatable bonds is 13. The van der Waals surface area contributed by atoms with Gasteiger partial charge in [-0.2, -0.15) is 0 Å². The summed E-state index contributed by atoms with van der Waals surface area (Å²) < 4.78 is 16.1. The molecule has 1 N–H and O–H groups in total. The number of carbonyl (C=O) groups is 1. The zero-order valence-electron chi connectivity index (χ0n) is 13.4. The Hall–Kier alpha value is -0.650. The predicted octanol–water partition coefficient (Wildman–Crippen LogP) is 2.00. The van der Waals surface area contributed by atoms with Crippen molar-refractivity contribution in [2.24, 2.45) is 5.92 Å². The summed E-state index contributed by atoms with van der Waals surface area (Å²) in [7, 11) is 0. The van der Waals surface area contributed by atoms with Crippen LogP contribution >= 0.6 is 0 Å². The summed E-state index contributed by atoms with van der Waals surface area (Å²) in [6.45, 7) is 11.7. The van der Waals surface area contributed by atoms with Crippen molar-refractivity contribution in [1.82, 2.24) is 5.32 Å². The van der Waals surface area contributed by atoms with Crippen LogP contribution in [-0.4, -0.2) is 51.6 Å². The van der Waals surface area contributed by atoms with Crippen LogP contribution in [0.5, 0.6) is 0 Å². The van der Waals surface area contributed by atoms with Gasteiger partial charge in [0.2, 0.25) is 5.91 Å². The second-order valence-electron chi connectivity index (χ2n) is 5.49. The summed E-state index contributed by atoms with van der Waals surface area (Å²) in [5, 5.41) is 2.81. The third-order valence-electron chi connectivity index (χ3n) is 2.51. The monoisotopic (exact) mass is 289 g/mol. The van der Waals surface area contributed by atoms with Gasteiger partial charge < -0.3 is 19.5 Å². The van der Waals surface area contributed by atoms with Crippen molar-refractivity contribution in [3.63, 3.8) is 0 Å². The molecule has 0 aromatic heterocycles. The van der Waals surface area contributed by atoms with E-state index in [1.54, 1.807) is 0 Å². The topological polar surface area (TPSA) is 56.8 Å². The van der Waals surface area contributed by atoms with Crippen LogP contribution in [-0.2, 0) is 19.0 Å². The molecule has 0 atom stereocenters. The Morgan fingerprint density at radius 1 is 0.850 bits per heavy atom. The molecule has 0 aromatic rings. The summed E-state index contributed by atoms with van der Waals surface area (Å²) in [5.41, 5.74) is 0. The van der Waals surface area contributed by atoms with Crippen LogP contribution in [0, 0.1) is 5.92 Å². The van der Waals surface area contributed by atoms with Crippen molar-refractivity contribution in [3.8, 4) is 0 Å². The van der Waals surface area contributed by atoms with Crippen molar-refractivity contribution in [2.75, 3.05) is 39.6 Å². The Balaban J connectivity index is 3.11. The number of hydrogen-bond acceptors (Lipinski definition) is 4. The van der Waals surface area contributed by atoms with E-state index < -0.39 is 0 Å². The van der Waals surface area contributed by atoms with Crippen LogP contribution in [0.15, 0.2) is 0 Å². The van der Waals surface area contributed by atoms with E-state index in [-0.39, 0.29) is 11.9 Å². The molecular weight excluding hydrogens is 258 g/mol. The predicted molar refractivity (Wildman–Crippen MR) is 79.8 cm³/mol. The molecule has 0 saturated carbocycles. The molecule has 120 valence electrons. The first-order chi connectivity index (χ1) is 9.52. The highest BCUT2D eigenvalue weighted by atomic mass is 16.5. The maximum atomic E-state index is 11.3. The fourth-order valence-electron chi connectivity index (χ4n) is 1.42. The Morgan fingerprint density at radius 3 is 1.85 bits per heavy atom. The highest BCUT2D eigenvalue weighted by molar-refractivity contribution is 5.76. The second kappa shape index (κ2) is 13.3. The highest BCUT2D eigenvalue weighted by Crippen LogP contribution is 1.98. The van der Waals surface area contributed by atoms with Crippen LogP contribution in [0.2, 0.25) is 0 Å². The van der Waals surface area contributed by atoms with Gasteiger partial charge in [0.05, 0.1) is 33.0 Å². The van der Waals surface area contributed by atoms with E-state index in [1.807, 2.05) is 13.8 Å². The molecule has 0 fully saturated rings. The molecule has 0 aliphatic carbocycles. The van der Waals surface area contributed by atoms with E-state index in [0.29, 0.717) is 45.4 Å². The normalized spacial score (nSPS) is 11.3. The smallest absolute Gasteiger partial charge is 0.222 e. The Kier molecular flexibility index (Phi) is 12.9. The molecule has 0 unspecified atom stereocenters. The first-order valence-corrected chi connectivity index (χ1v) is 7.55. The molecule has 20 heavy (non-hydrogen) atoms. The molecule has 0 saturated heterocycles. The summed E-state index contributed by atoms with van der Waals surface area (Å²) in [6.07, 6.45) is 1.48. The van der Waals surface area contributed by atoms with Crippen LogP contribution in [0.1, 0.15) is 40.5 Å². The van der Waals surface area contributed by atoms with Crippen molar-refractivity contribution >= 4 is 5.91 Å². The molecule has 0 spiro atoms. The van der Waals surface area contributed by atoms with Gasteiger partial charge in [0, 0.05) is 19.1 Å². The summed E-state index contributed by atoms with van der Waals surface area (Å²) in [5.74, 6) is 0.705. The van der Waals surface area contributed by atoms with E-state index in [4.69, 9.17) is 14.2 Å². The average Bonchev–Trinajstić information content (AvgIpc) is 2.34. The number of amides is 1. The number of ether oxygens (including phenoxy) is 3. The first-order valence-electron chi connectivity index (χ1n) is 7.55. The highest BCUT2D eigenvalue weighted by Gasteiger charge is 2.02. The lowest BCUT2D eigenvalue weighted by atomic mass is 10.1. The minimum absolute atomic E-state index is 0.0273. The van der Waals surface area contributed by atoms with Crippen molar-refractivity contribution in [1.29, 1.82) is 0 Å². The van der Waals surface area contributed by atoms with Crippen LogP contribution in [0.4, 0.5) is 0 Å². The summed E-state index contributed by atoms with van der Waals surface area (Å²) in [4.78, 5) is 11.3. The molecular formula is C15H31NO4. The van der Waals surface area contributed by atoms with Gasteiger partial charge in [-0.3, -0.25) is 4.79 Å². The van der Waals surface area contributed by atoms with Gasteiger partial charge in [0.15, 0.2) is 0 Å². The Bertz CT molecular complexity index is 232. The lowest BCUT2D eigenvalue weighted by molar-refractivity contribution is -0.122. The van der Waals surface area contributed by atoms with Gasteiger partial charge in [-0.1, -0.05) is 13.8 Å². The number of hydrogen-bond donors (Lipinski definition) is 1. The van der Waals surface area contributed by atoms with Gasteiger partial charge in [-0.05, 0) is 26.2 Å². The molecule has 5 heteroatoms. The molecule has 0 heterocycles. The maximum Gasteiger partial charge on any atom is 0.222 e. The Labute approximate surface area is 123 Å². The molecule has 0 aliphatic heterocycles. The third kappa shape index (κ3) is 15.4. The van der Waals surface area contributed by atoms with Gasteiger partial charge >= 0.3 is 0 Å². The molecule has 1 amide bonds. The zero-order valence-corrected chi connectivity index (χ0v) is 13.4. The van der Waals surface area contributed by atoms with Crippen molar-refractivity contribution < 1.29 is 19.0 Å². The lowest BCUT2D eigenvalue weighted by Gasteiger charge is -2.09. The van der Waals surface area contributed by atoms with E-state index in [1.165, 1.54) is 0 Å². The molecule has 0 aliphatic rings. The summed E-state index contributed by atoms with van der Waals surface area (Å²) in [6, 6.07) is 0.182. The van der Waals surface area contributed by atoms with E-state index in [0.717, 1.165) is 13.0 Å². The first kappa shape index (κ1) is 19.4. The molecule has 0 rings (SSSR count). The van der Waals surface area contributed by atoms with Gasteiger partial charge in [0.1, 0.15) is 0 Å². The fourth-order valence-corrected chi connectivity index (χ4v) is 1.42. The molecule has 5 nitrogen and oxygen atoms in total. The van der Waals surface area contributed by atoms with E-state index >= 15 is 0 Å². The maximum absolute atomic E-state index is 11.3. The van der Waals surface area contributed by atoms with Crippen LogP contribution in [0.25, 0.3) is 0 Å². The van der Waals surface area contributed by atoms with Crippen molar-refractivity contribution in [2.45, 2.75) is 46.6 Å². The second-order valence-corrected chi connectivity index (χ2v) is 5.49. The standard InChI is InChI=1S/C15H31NO4/c1-13(2)5-7-18-9-11-20-12-10-19-8-6-15(17)16-14(3)4/h13-14H,5-12H2,1-4H3,(H,16,17). The van der Waals surface area contributed by atoms with Crippen molar-refractivity contribution in [3.05, 3.63) is 0 Å².